The summed E-state index contributed by atoms with van der Waals surface area (Å²) in [6, 6.07) is 5.39. The Kier molecular flexibility index (Phi) is 5.12. The highest BCUT2D eigenvalue weighted by Gasteiger charge is 2.31. The number of carbonyl (C=O) groups is 4. The molecular formula is C15H14O6. The van der Waals surface area contributed by atoms with E-state index in [9.17, 15) is 19.2 Å². The second-order valence-corrected chi connectivity index (χ2v) is 4.39. The average molecular weight is 290 g/mol. The number of carbonyl (C=O) groups excluding carboxylic acids is 3. The van der Waals surface area contributed by atoms with E-state index in [-0.39, 0.29) is 16.7 Å². The molecule has 6 heteroatoms. The molecule has 6 nitrogen and oxygen atoms in total. The summed E-state index contributed by atoms with van der Waals surface area (Å²) in [6.45, 7) is 5.81. The number of rotatable bonds is 6. The van der Waals surface area contributed by atoms with Crippen molar-refractivity contribution >= 4 is 23.5 Å². The Morgan fingerprint density at radius 1 is 1.10 bits per heavy atom. The number of ketones is 2. The second kappa shape index (κ2) is 6.60. The van der Waals surface area contributed by atoms with Gasteiger partial charge in [0.25, 0.3) is 0 Å². The summed E-state index contributed by atoms with van der Waals surface area (Å²) in [5.41, 5.74) is -0.430. The minimum Gasteiger partial charge on any atom is -0.478 e. The molecule has 0 aliphatic rings. The smallest absolute Gasteiger partial charge is 0.336 e. The number of hydrogen-bond acceptors (Lipinski definition) is 5. The van der Waals surface area contributed by atoms with Crippen molar-refractivity contribution in [3.63, 3.8) is 0 Å². The van der Waals surface area contributed by atoms with Gasteiger partial charge in [-0.15, -0.1) is 0 Å². The normalized spacial score (nSPS) is 11.3. The molecule has 0 fully saturated rings. The van der Waals surface area contributed by atoms with Crippen molar-refractivity contribution in [3.8, 4) is 0 Å². The lowest BCUT2D eigenvalue weighted by Crippen LogP contribution is -2.34. The molecule has 110 valence electrons. The number of benzene rings is 1. The summed E-state index contributed by atoms with van der Waals surface area (Å²) in [5, 5.41) is 9.05. The molecule has 21 heavy (non-hydrogen) atoms. The van der Waals surface area contributed by atoms with E-state index < -0.39 is 29.6 Å². The molecule has 0 saturated heterocycles. The highest BCUT2D eigenvalue weighted by molar-refractivity contribution is 6.17. The fourth-order valence-electron chi connectivity index (χ4n) is 1.55. The van der Waals surface area contributed by atoms with Gasteiger partial charge in [-0.1, -0.05) is 24.8 Å². The van der Waals surface area contributed by atoms with Crippen molar-refractivity contribution in [3.05, 3.63) is 47.5 Å². The number of ether oxygens (including phenoxy) is 1. The summed E-state index contributed by atoms with van der Waals surface area (Å²) >= 11 is 0. The summed E-state index contributed by atoms with van der Waals surface area (Å²) in [4.78, 5) is 46.4. The summed E-state index contributed by atoms with van der Waals surface area (Å²) in [7, 11) is 0. The molecule has 1 aromatic rings. The van der Waals surface area contributed by atoms with Crippen LogP contribution in [0, 0.1) is 0 Å². The van der Waals surface area contributed by atoms with Crippen LogP contribution in [0.1, 0.15) is 34.6 Å². The van der Waals surface area contributed by atoms with Crippen molar-refractivity contribution < 1.29 is 29.0 Å². The third-order valence-corrected chi connectivity index (χ3v) is 2.60. The third-order valence-electron chi connectivity index (χ3n) is 2.60. The van der Waals surface area contributed by atoms with Crippen LogP contribution in [0.25, 0.3) is 0 Å². The first kappa shape index (κ1) is 16.3. The first-order valence-corrected chi connectivity index (χ1v) is 5.99. The fraction of sp³-hybridized carbons (Fsp3) is 0.200. The number of carboxylic acids is 1. The maximum absolute atomic E-state index is 12.3. The summed E-state index contributed by atoms with van der Waals surface area (Å²) < 4.78 is 4.79. The van der Waals surface area contributed by atoms with Gasteiger partial charge in [-0.05, 0) is 19.9 Å². The Bertz CT molecular complexity index is 629. The largest absolute Gasteiger partial charge is 0.478 e. The van der Waals surface area contributed by atoms with Crippen LogP contribution in [-0.4, -0.2) is 34.7 Å². The number of esters is 1. The molecule has 0 bridgehead atoms. The number of hydrogen-bond donors (Lipinski definition) is 1. The zero-order valence-corrected chi connectivity index (χ0v) is 11.6. The van der Waals surface area contributed by atoms with E-state index in [4.69, 9.17) is 9.84 Å². The highest BCUT2D eigenvalue weighted by atomic mass is 16.5. The molecule has 1 aromatic carbocycles. The predicted octanol–water partition coefficient (Wildman–Crippen LogP) is 1.64. The lowest BCUT2D eigenvalue weighted by atomic mass is 9.98. The van der Waals surface area contributed by atoms with E-state index in [1.165, 1.54) is 31.2 Å². The van der Waals surface area contributed by atoms with Gasteiger partial charge >= 0.3 is 11.9 Å². The monoisotopic (exact) mass is 290 g/mol. The van der Waals surface area contributed by atoms with Crippen LogP contribution in [0.3, 0.4) is 0 Å². The van der Waals surface area contributed by atoms with Gasteiger partial charge in [0.2, 0.25) is 11.9 Å². The van der Waals surface area contributed by atoms with Gasteiger partial charge in [0, 0.05) is 11.1 Å². The Morgan fingerprint density at radius 2 is 1.62 bits per heavy atom. The van der Waals surface area contributed by atoms with Gasteiger partial charge in [0.1, 0.15) is 0 Å². The number of aromatic carboxylic acids is 1. The van der Waals surface area contributed by atoms with E-state index in [2.05, 4.69) is 6.58 Å². The maximum atomic E-state index is 12.3. The van der Waals surface area contributed by atoms with E-state index >= 15 is 0 Å². The Balaban J connectivity index is 3.19. The van der Waals surface area contributed by atoms with Crippen molar-refractivity contribution in [2.24, 2.45) is 0 Å². The summed E-state index contributed by atoms with van der Waals surface area (Å²) in [6.07, 6.45) is -1.69. The van der Waals surface area contributed by atoms with Crippen LogP contribution >= 0.6 is 0 Å². The SMILES string of the molecule is C=C(C)C(=O)OC(C(C)=O)C(=O)c1ccccc1C(=O)O. The minimum absolute atomic E-state index is 0.0283. The molecule has 0 aliphatic heterocycles. The van der Waals surface area contributed by atoms with Crippen LogP contribution in [0.15, 0.2) is 36.4 Å². The van der Waals surface area contributed by atoms with E-state index in [0.29, 0.717) is 0 Å². The molecule has 1 N–H and O–H groups in total. The molecule has 0 spiro atoms. The molecule has 0 heterocycles. The molecule has 0 saturated carbocycles. The van der Waals surface area contributed by atoms with Gasteiger partial charge in [0.05, 0.1) is 5.56 Å². The predicted molar refractivity (Wildman–Crippen MR) is 73.1 cm³/mol. The van der Waals surface area contributed by atoms with Crippen molar-refractivity contribution in [1.82, 2.24) is 0 Å². The maximum Gasteiger partial charge on any atom is 0.336 e. The van der Waals surface area contributed by atoms with Crippen LogP contribution in [0.4, 0.5) is 0 Å². The lowest BCUT2D eigenvalue weighted by Gasteiger charge is -2.15. The molecule has 0 amide bonds. The zero-order chi connectivity index (χ0) is 16.2. The number of carboxylic acid groups (broad SMARTS) is 1. The first-order valence-electron chi connectivity index (χ1n) is 5.99. The summed E-state index contributed by atoms with van der Waals surface area (Å²) in [5.74, 6) is -3.78. The lowest BCUT2D eigenvalue weighted by molar-refractivity contribution is -0.147. The second-order valence-electron chi connectivity index (χ2n) is 4.39. The fourth-order valence-corrected chi connectivity index (χ4v) is 1.55. The molecule has 0 aromatic heterocycles. The quantitative estimate of drug-likeness (QED) is 0.370. The molecule has 0 radical (unpaired) electrons. The topological polar surface area (TPSA) is 97.7 Å². The van der Waals surface area contributed by atoms with Crippen LogP contribution in [0.5, 0.6) is 0 Å². The zero-order valence-electron chi connectivity index (χ0n) is 11.6. The Hall–Kier alpha value is -2.76. The Morgan fingerprint density at radius 3 is 2.05 bits per heavy atom. The molecule has 1 atom stereocenters. The van der Waals surface area contributed by atoms with Crippen molar-refractivity contribution in [1.29, 1.82) is 0 Å². The molecule has 0 aliphatic carbocycles. The first-order chi connectivity index (χ1) is 9.75. The van der Waals surface area contributed by atoms with Gasteiger partial charge in [-0.3, -0.25) is 9.59 Å². The van der Waals surface area contributed by atoms with Crippen LogP contribution in [0.2, 0.25) is 0 Å². The number of Topliss-reactive ketones (excluding diaryl/α,β-unsaturated/α-hetero) is 2. The minimum atomic E-state index is -1.69. The van der Waals surface area contributed by atoms with Crippen molar-refractivity contribution in [2.45, 2.75) is 20.0 Å². The van der Waals surface area contributed by atoms with E-state index in [0.717, 1.165) is 6.92 Å². The van der Waals surface area contributed by atoms with Crippen LogP contribution in [-0.2, 0) is 14.3 Å². The van der Waals surface area contributed by atoms with Crippen molar-refractivity contribution in [2.75, 3.05) is 0 Å². The van der Waals surface area contributed by atoms with E-state index in [1.54, 1.807) is 0 Å². The van der Waals surface area contributed by atoms with E-state index in [1.807, 2.05) is 0 Å². The van der Waals surface area contributed by atoms with Gasteiger partial charge in [0.15, 0.2) is 5.78 Å². The molecule has 1 rings (SSSR count). The standard InChI is InChI=1S/C15H14O6/c1-8(2)15(20)21-13(9(3)16)12(17)10-6-4-5-7-11(10)14(18)19/h4-7,13H,1H2,2-3H3,(H,18,19). The van der Waals surface area contributed by atoms with Gasteiger partial charge in [-0.25, -0.2) is 9.59 Å². The van der Waals surface area contributed by atoms with Crippen LogP contribution < -0.4 is 0 Å². The average Bonchev–Trinajstić information content (AvgIpc) is 2.43. The van der Waals surface area contributed by atoms with Gasteiger partial charge in [-0.2, -0.15) is 0 Å². The molecular weight excluding hydrogens is 276 g/mol. The van der Waals surface area contributed by atoms with Gasteiger partial charge < -0.3 is 9.84 Å². The third kappa shape index (κ3) is 3.85. The Labute approximate surface area is 121 Å². The highest BCUT2D eigenvalue weighted by Crippen LogP contribution is 2.14. The molecule has 1 unspecified atom stereocenters.